The van der Waals surface area contributed by atoms with E-state index in [4.69, 9.17) is 4.74 Å². The van der Waals surface area contributed by atoms with Crippen molar-refractivity contribution in [2.24, 2.45) is 0 Å². The van der Waals surface area contributed by atoms with Crippen LogP contribution in [-0.2, 0) is 17.7 Å². The lowest BCUT2D eigenvalue weighted by Crippen LogP contribution is -2.21. The summed E-state index contributed by atoms with van der Waals surface area (Å²) in [5, 5.41) is 4.73. The van der Waals surface area contributed by atoms with Crippen LogP contribution in [0.25, 0.3) is 10.9 Å². The predicted octanol–water partition coefficient (Wildman–Crippen LogP) is 2.61. The minimum Gasteiger partial charge on any atom is -0.383 e. The molecule has 0 spiro atoms. The molecule has 0 bridgehead atoms. The number of nitrogens with zero attached hydrogens (tertiary/aromatic N) is 1. The second-order valence-corrected chi connectivity index (χ2v) is 4.61. The number of ether oxygens (including phenoxy) is 1. The molecule has 3 heteroatoms. The molecule has 19 heavy (non-hydrogen) atoms. The van der Waals surface area contributed by atoms with Crippen molar-refractivity contribution in [1.29, 1.82) is 0 Å². The molecule has 0 aliphatic rings. The van der Waals surface area contributed by atoms with E-state index in [9.17, 15) is 0 Å². The number of rotatable bonds is 8. The zero-order valence-corrected chi connectivity index (χ0v) is 11.6. The Hall–Kier alpha value is -1.58. The van der Waals surface area contributed by atoms with Crippen molar-refractivity contribution in [2.45, 2.75) is 13.0 Å². The Morgan fingerprint density at radius 2 is 2.16 bits per heavy atom. The van der Waals surface area contributed by atoms with Crippen LogP contribution in [0.3, 0.4) is 0 Å². The molecule has 1 aromatic carbocycles. The van der Waals surface area contributed by atoms with Crippen molar-refractivity contribution in [3.05, 3.63) is 48.7 Å². The van der Waals surface area contributed by atoms with Crippen molar-refractivity contribution in [3.8, 4) is 0 Å². The van der Waals surface area contributed by atoms with Gasteiger partial charge in [-0.1, -0.05) is 24.3 Å². The first-order valence-corrected chi connectivity index (χ1v) is 6.74. The number of aromatic nitrogens is 1. The highest BCUT2D eigenvalue weighted by molar-refractivity contribution is 5.84. The van der Waals surface area contributed by atoms with Gasteiger partial charge in [-0.05, 0) is 24.6 Å². The van der Waals surface area contributed by atoms with Crippen molar-refractivity contribution >= 4 is 10.9 Å². The monoisotopic (exact) mass is 258 g/mol. The first-order valence-electron chi connectivity index (χ1n) is 6.74. The van der Waals surface area contributed by atoms with Gasteiger partial charge in [0, 0.05) is 37.3 Å². The van der Waals surface area contributed by atoms with Crippen LogP contribution < -0.4 is 5.32 Å². The molecule has 3 nitrogen and oxygen atoms in total. The molecule has 102 valence electrons. The average molecular weight is 258 g/mol. The number of hydrogen-bond donors (Lipinski definition) is 1. The second-order valence-electron chi connectivity index (χ2n) is 4.61. The molecule has 2 aromatic rings. The van der Waals surface area contributed by atoms with E-state index in [1.54, 1.807) is 7.11 Å². The van der Waals surface area contributed by atoms with Gasteiger partial charge in [-0.25, -0.2) is 0 Å². The Morgan fingerprint density at radius 3 is 2.95 bits per heavy atom. The molecule has 0 radical (unpaired) electrons. The lowest BCUT2D eigenvalue weighted by molar-refractivity contribution is 0.199. The van der Waals surface area contributed by atoms with Gasteiger partial charge in [-0.2, -0.15) is 0 Å². The first-order chi connectivity index (χ1) is 9.36. The predicted molar refractivity (Wildman–Crippen MR) is 80.6 cm³/mol. The van der Waals surface area contributed by atoms with Gasteiger partial charge in [0.2, 0.25) is 0 Å². The molecule has 2 rings (SSSR count). The molecule has 0 amide bonds. The lowest BCUT2D eigenvalue weighted by Gasteiger charge is -2.03. The first kappa shape index (κ1) is 13.8. The van der Waals surface area contributed by atoms with E-state index in [1.807, 2.05) is 6.08 Å². The molecule has 1 heterocycles. The fourth-order valence-corrected chi connectivity index (χ4v) is 2.33. The fraction of sp³-hybridized carbons (Fsp3) is 0.375. The summed E-state index contributed by atoms with van der Waals surface area (Å²) in [4.78, 5) is 0. The summed E-state index contributed by atoms with van der Waals surface area (Å²) in [6.45, 7) is 7.32. The molecule has 0 aliphatic carbocycles. The maximum atomic E-state index is 5.02. The second kappa shape index (κ2) is 7.12. The van der Waals surface area contributed by atoms with E-state index in [2.05, 4.69) is 46.9 Å². The minimum atomic E-state index is 0.762. The lowest BCUT2D eigenvalue weighted by atomic mass is 10.1. The largest absolute Gasteiger partial charge is 0.383 e. The standard InChI is InChI=1S/C16H22N2O/c1-3-11-18-13-14(8-9-17-10-12-19-2)15-6-4-5-7-16(15)18/h3-7,13,17H,1,8-12H2,2H3. The quantitative estimate of drug-likeness (QED) is 0.582. The van der Waals surface area contributed by atoms with E-state index in [-0.39, 0.29) is 0 Å². The number of fused-ring (bicyclic) bond motifs is 1. The van der Waals surface area contributed by atoms with Gasteiger partial charge in [-0.15, -0.1) is 6.58 Å². The Labute approximate surface area is 114 Å². The maximum Gasteiger partial charge on any atom is 0.0587 e. The Morgan fingerprint density at radius 1 is 1.32 bits per heavy atom. The van der Waals surface area contributed by atoms with Crippen molar-refractivity contribution in [1.82, 2.24) is 9.88 Å². The molecule has 0 unspecified atom stereocenters. The zero-order valence-electron chi connectivity index (χ0n) is 11.6. The van der Waals surface area contributed by atoms with Gasteiger partial charge in [-0.3, -0.25) is 0 Å². The van der Waals surface area contributed by atoms with Crippen molar-refractivity contribution in [3.63, 3.8) is 0 Å². The number of allylic oxidation sites excluding steroid dienone is 1. The Bertz CT molecular complexity index is 531. The van der Waals surface area contributed by atoms with E-state index in [0.29, 0.717) is 0 Å². The highest BCUT2D eigenvalue weighted by atomic mass is 16.5. The van der Waals surface area contributed by atoms with E-state index in [0.717, 1.165) is 32.7 Å². The topological polar surface area (TPSA) is 26.2 Å². The van der Waals surface area contributed by atoms with Crippen LogP contribution in [0.1, 0.15) is 5.56 Å². The van der Waals surface area contributed by atoms with Crippen LogP contribution >= 0.6 is 0 Å². The molecule has 1 aromatic heterocycles. The van der Waals surface area contributed by atoms with E-state index < -0.39 is 0 Å². The molecule has 0 atom stereocenters. The summed E-state index contributed by atoms with van der Waals surface area (Å²) in [6.07, 6.45) is 5.21. The summed E-state index contributed by atoms with van der Waals surface area (Å²) in [5.41, 5.74) is 2.68. The fourth-order valence-electron chi connectivity index (χ4n) is 2.33. The molecule has 1 N–H and O–H groups in total. The van der Waals surface area contributed by atoms with Gasteiger partial charge in [0.15, 0.2) is 0 Å². The van der Waals surface area contributed by atoms with E-state index >= 15 is 0 Å². The molecular formula is C16H22N2O. The highest BCUT2D eigenvalue weighted by Gasteiger charge is 2.06. The third-order valence-electron chi connectivity index (χ3n) is 3.25. The third-order valence-corrected chi connectivity index (χ3v) is 3.25. The molecular weight excluding hydrogens is 236 g/mol. The third kappa shape index (κ3) is 3.46. The smallest absolute Gasteiger partial charge is 0.0587 e. The zero-order chi connectivity index (χ0) is 13.5. The van der Waals surface area contributed by atoms with Crippen LogP contribution in [-0.4, -0.2) is 31.4 Å². The van der Waals surface area contributed by atoms with Gasteiger partial charge in [0.05, 0.1) is 6.61 Å². The van der Waals surface area contributed by atoms with Crippen LogP contribution in [0.15, 0.2) is 43.1 Å². The SMILES string of the molecule is C=CCn1cc(CCNCCOC)c2ccccc21. The Kier molecular flexibility index (Phi) is 5.19. The number of para-hydroxylation sites is 1. The van der Waals surface area contributed by atoms with Crippen LogP contribution in [0.4, 0.5) is 0 Å². The number of methoxy groups -OCH3 is 1. The average Bonchev–Trinajstić information content (AvgIpc) is 2.78. The molecule has 0 aliphatic heterocycles. The summed E-state index contributed by atoms with van der Waals surface area (Å²) in [6, 6.07) is 8.55. The van der Waals surface area contributed by atoms with Crippen LogP contribution in [0.5, 0.6) is 0 Å². The van der Waals surface area contributed by atoms with E-state index in [1.165, 1.54) is 16.5 Å². The van der Waals surface area contributed by atoms with Gasteiger partial charge in [0.1, 0.15) is 0 Å². The van der Waals surface area contributed by atoms with Crippen molar-refractivity contribution in [2.75, 3.05) is 26.8 Å². The molecule has 0 saturated carbocycles. The highest BCUT2D eigenvalue weighted by Crippen LogP contribution is 2.21. The van der Waals surface area contributed by atoms with Gasteiger partial charge < -0.3 is 14.6 Å². The summed E-state index contributed by atoms with van der Waals surface area (Å²) < 4.78 is 7.28. The maximum absolute atomic E-state index is 5.02. The van der Waals surface area contributed by atoms with Gasteiger partial charge in [0.25, 0.3) is 0 Å². The van der Waals surface area contributed by atoms with Crippen molar-refractivity contribution < 1.29 is 4.74 Å². The molecule has 0 fully saturated rings. The van der Waals surface area contributed by atoms with Crippen LogP contribution in [0.2, 0.25) is 0 Å². The summed E-state index contributed by atoms with van der Waals surface area (Å²) >= 11 is 0. The number of hydrogen-bond acceptors (Lipinski definition) is 2. The molecule has 0 saturated heterocycles. The normalized spacial score (nSPS) is 11.0. The summed E-state index contributed by atoms with van der Waals surface area (Å²) in [5.74, 6) is 0. The number of benzene rings is 1. The Balaban J connectivity index is 2.07. The minimum absolute atomic E-state index is 0.762. The van der Waals surface area contributed by atoms with Crippen LogP contribution in [0, 0.1) is 0 Å². The number of nitrogens with one attached hydrogen (secondary N) is 1. The summed E-state index contributed by atoms with van der Waals surface area (Å²) in [7, 11) is 1.73. The van der Waals surface area contributed by atoms with Gasteiger partial charge >= 0.3 is 0 Å².